The van der Waals surface area contributed by atoms with Gasteiger partial charge in [0.25, 0.3) is 0 Å². The molecule has 0 bridgehead atoms. The van der Waals surface area contributed by atoms with Gasteiger partial charge in [-0.25, -0.2) is 4.98 Å². The molecule has 1 aliphatic heterocycles. The lowest BCUT2D eigenvalue weighted by Gasteiger charge is -2.37. The second-order valence-corrected chi connectivity index (χ2v) is 5.29. The number of rotatable bonds is 3. The number of nitrogens with two attached hydrogens (primary N) is 1. The highest BCUT2D eigenvalue weighted by Crippen LogP contribution is 2.35. The zero-order valence-corrected chi connectivity index (χ0v) is 10.5. The lowest BCUT2D eigenvalue weighted by molar-refractivity contribution is 0.115. The Morgan fingerprint density at radius 2 is 2.31 bits per heavy atom. The van der Waals surface area contributed by atoms with E-state index < -0.39 is 0 Å². The zero-order chi connectivity index (χ0) is 11.8. The minimum absolute atomic E-state index is 0.258. The molecule has 4 heteroatoms. The summed E-state index contributed by atoms with van der Waals surface area (Å²) in [5.41, 5.74) is 7.43. The van der Waals surface area contributed by atoms with Gasteiger partial charge in [0, 0.05) is 25.3 Å². The summed E-state index contributed by atoms with van der Waals surface area (Å²) in [5, 5.41) is 0. The second kappa shape index (κ2) is 4.18. The molecule has 90 valence electrons. The smallest absolute Gasteiger partial charge is 0.0946 e. The first-order valence-corrected chi connectivity index (χ1v) is 5.99. The van der Waals surface area contributed by atoms with Gasteiger partial charge in [-0.1, -0.05) is 0 Å². The molecule has 0 spiro atoms. The van der Waals surface area contributed by atoms with E-state index in [4.69, 9.17) is 5.73 Å². The molecule has 16 heavy (non-hydrogen) atoms. The maximum Gasteiger partial charge on any atom is 0.0946 e. The average molecular weight is 222 g/mol. The van der Waals surface area contributed by atoms with Crippen LogP contribution in [-0.2, 0) is 7.05 Å². The molecule has 1 saturated heterocycles. The number of aryl methyl sites for hydroxylation is 1. The van der Waals surface area contributed by atoms with E-state index >= 15 is 0 Å². The molecule has 0 radical (unpaired) electrons. The van der Waals surface area contributed by atoms with Crippen molar-refractivity contribution in [3.8, 4) is 0 Å². The predicted molar refractivity (Wildman–Crippen MR) is 65.0 cm³/mol. The third-order valence-corrected chi connectivity index (χ3v) is 3.76. The lowest BCUT2D eigenvalue weighted by atomic mass is 9.99. The Balaban J connectivity index is 2.27. The highest BCUT2D eigenvalue weighted by atomic mass is 15.3. The normalized spacial score (nSPS) is 22.5. The van der Waals surface area contributed by atoms with Crippen molar-refractivity contribution in [3.63, 3.8) is 0 Å². The molecule has 2 N–H and O–H groups in total. The van der Waals surface area contributed by atoms with Crippen LogP contribution in [0, 0.1) is 0 Å². The number of nitrogens with zero attached hydrogens (tertiary/aromatic N) is 3. The van der Waals surface area contributed by atoms with Crippen molar-refractivity contribution in [2.24, 2.45) is 12.8 Å². The molecule has 1 unspecified atom stereocenters. The summed E-state index contributed by atoms with van der Waals surface area (Å²) in [7, 11) is 2.04. The van der Waals surface area contributed by atoms with Gasteiger partial charge < -0.3 is 10.3 Å². The summed E-state index contributed by atoms with van der Waals surface area (Å²) in [6.07, 6.45) is 6.30. The van der Waals surface area contributed by atoms with Gasteiger partial charge in [-0.3, -0.25) is 4.90 Å². The molecule has 1 aromatic heterocycles. The molecule has 0 aliphatic carbocycles. The van der Waals surface area contributed by atoms with Crippen molar-refractivity contribution < 1.29 is 0 Å². The molecule has 0 amide bonds. The van der Waals surface area contributed by atoms with Gasteiger partial charge in [-0.05, 0) is 33.2 Å². The van der Waals surface area contributed by atoms with Crippen LogP contribution in [-0.4, -0.2) is 33.1 Å². The summed E-state index contributed by atoms with van der Waals surface area (Å²) < 4.78 is 2.08. The third kappa shape index (κ3) is 1.87. The fourth-order valence-electron chi connectivity index (χ4n) is 2.80. The van der Waals surface area contributed by atoms with Crippen LogP contribution in [0.3, 0.4) is 0 Å². The Hall–Kier alpha value is -0.870. The van der Waals surface area contributed by atoms with E-state index in [0.29, 0.717) is 12.6 Å². The van der Waals surface area contributed by atoms with Crippen LogP contribution < -0.4 is 5.73 Å². The van der Waals surface area contributed by atoms with Crippen LogP contribution in [0.4, 0.5) is 0 Å². The Bertz CT molecular complexity index is 356. The van der Waals surface area contributed by atoms with Gasteiger partial charge in [0.05, 0.1) is 18.1 Å². The van der Waals surface area contributed by atoms with Gasteiger partial charge in [0.15, 0.2) is 0 Å². The van der Waals surface area contributed by atoms with Gasteiger partial charge in [-0.15, -0.1) is 0 Å². The zero-order valence-electron chi connectivity index (χ0n) is 10.5. The summed E-state index contributed by atoms with van der Waals surface area (Å²) in [6, 6.07) is 0.296. The van der Waals surface area contributed by atoms with E-state index in [-0.39, 0.29) is 5.54 Å². The van der Waals surface area contributed by atoms with Gasteiger partial charge >= 0.3 is 0 Å². The molecule has 2 heterocycles. The molecule has 4 nitrogen and oxygen atoms in total. The minimum atomic E-state index is 0.258. The van der Waals surface area contributed by atoms with E-state index in [2.05, 4.69) is 28.3 Å². The summed E-state index contributed by atoms with van der Waals surface area (Å²) in [6.45, 7) is 6.40. The average Bonchev–Trinajstić information content (AvgIpc) is 2.77. The van der Waals surface area contributed by atoms with Gasteiger partial charge in [-0.2, -0.15) is 0 Å². The summed E-state index contributed by atoms with van der Waals surface area (Å²) >= 11 is 0. The Morgan fingerprint density at radius 3 is 2.75 bits per heavy atom. The van der Waals surface area contributed by atoms with Crippen molar-refractivity contribution in [2.75, 3.05) is 13.1 Å². The lowest BCUT2D eigenvalue weighted by Crippen LogP contribution is -2.44. The van der Waals surface area contributed by atoms with Crippen LogP contribution in [0.15, 0.2) is 12.5 Å². The standard InChI is InChI=1S/C12H22N4/c1-12(2)5-4-6-16(12)10(7-13)11-8-14-9-15(11)3/h8-10H,4-7,13H2,1-3H3. The fourth-order valence-corrected chi connectivity index (χ4v) is 2.80. The van der Waals surface area contributed by atoms with Crippen molar-refractivity contribution >= 4 is 0 Å². The maximum atomic E-state index is 5.95. The molecule has 1 atom stereocenters. The topological polar surface area (TPSA) is 47.1 Å². The first kappa shape index (κ1) is 11.6. The first-order valence-electron chi connectivity index (χ1n) is 5.99. The Kier molecular flexibility index (Phi) is 3.04. The molecular weight excluding hydrogens is 200 g/mol. The van der Waals surface area contributed by atoms with Crippen LogP contribution in [0.25, 0.3) is 0 Å². The van der Waals surface area contributed by atoms with Crippen molar-refractivity contribution in [1.29, 1.82) is 0 Å². The van der Waals surface area contributed by atoms with E-state index in [1.54, 1.807) is 0 Å². The largest absolute Gasteiger partial charge is 0.336 e. The number of hydrogen-bond donors (Lipinski definition) is 1. The minimum Gasteiger partial charge on any atom is -0.336 e. The van der Waals surface area contributed by atoms with E-state index in [9.17, 15) is 0 Å². The molecule has 1 aliphatic rings. The summed E-state index contributed by atoms with van der Waals surface area (Å²) in [4.78, 5) is 6.71. The van der Waals surface area contributed by atoms with Gasteiger partial charge in [0.1, 0.15) is 0 Å². The third-order valence-electron chi connectivity index (χ3n) is 3.76. The second-order valence-electron chi connectivity index (χ2n) is 5.29. The van der Waals surface area contributed by atoms with E-state index in [0.717, 1.165) is 6.54 Å². The van der Waals surface area contributed by atoms with E-state index in [1.807, 2.05) is 19.6 Å². The number of imidazole rings is 1. The van der Waals surface area contributed by atoms with Crippen molar-refractivity contribution in [3.05, 3.63) is 18.2 Å². The van der Waals surface area contributed by atoms with Crippen LogP contribution in [0.5, 0.6) is 0 Å². The quantitative estimate of drug-likeness (QED) is 0.838. The maximum absolute atomic E-state index is 5.95. The number of hydrogen-bond acceptors (Lipinski definition) is 3. The summed E-state index contributed by atoms with van der Waals surface area (Å²) in [5.74, 6) is 0. The molecular formula is C12H22N4. The monoisotopic (exact) mass is 222 g/mol. The van der Waals surface area contributed by atoms with Crippen LogP contribution >= 0.6 is 0 Å². The van der Waals surface area contributed by atoms with E-state index in [1.165, 1.54) is 18.5 Å². The number of likely N-dealkylation sites (tertiary alicyclic amines) is 1. The molecule has 1 aromatic rings. The predicted octanol–water partition coefficient (Wildman–Crippen LogP) is 1.29. The Labute approximate surface area is 97.4 Å². The molecule has 0 aromatic carbocycles. The SMILES string of the molecule is Cn1cncc1C(CN)N1CCCC1(C)C. The highest BCUT2D eigenvalue weighted by Gasteiger charge is 2.37. The van der Waals surface area contributed by atoms with Crippen LogP contribution in [0.2, 0.25) is 0 Å². The molecule has 0 saturated carbocycles. The molecule has 1 fully saturated rings. The van der Waals surface area contributed by atoms with Crippen molar-refractivity contribution in [1.82, 2.24) is 14.5 Å². The Morgan fingerprint density at radius 1 is 1.56 bits per heavy atom. The highest BCUT2D eigenvalue weighted by molar-refractivity contribution is 5.09. The van der Waals surface area contributed by atoms with Gasteiger partial charge in [0.2, 0.25) is 0 Å². The first-order chi connectivity index (χ1) is 7.56. The fraction of sp³-hybridized carbons (Fsp3) is 0.750. The number of aromatic nitrogens is 2. The molecule has 2 rings (SSSR count). The van der Waals surface area contributed by atoms with Crippen molar-refractivity contribution in [2.45, 2.75) is 38.3 Å². The van der Waals surface area contributed by atoms with Crippen LogP contribution in [0.1, 0.15) is 38.4 Å².